The molecule has 5 rings (SSSR count). The molecule has 0 saturated carbocycles. The average molecular weight is 727 g/mol. The number of nitrogens with zero attached hydrogens (tertiary/aromatic N) is 4. The van der Waals surface area contributed by atoms with E-state index >= 15 is 0 Å². The van der Waals surface area contributed by atoms with Crippen LogP contribution in [0.2, 0.25) is 0 Å². The van der Waals surface area contributed by atoms with Crippen molar-refractivity contribution in [2.45, 2.75) is 63.5 Å². The molecule has 9 nitrogen and oxygen atoms in total. The van der Waals surface area contributed by atoms with Crippen LogP contribution in [-0.2, 0) is 21.9 Å². The molecule has 2 aromatic heterocycles. The third kappa shape index (κ3) is 7.84. The van der Waals surface area contributed by atoms with E-state index in [0.717, 1.165) is 23.8 Å². The standard InChI is InChI=1S/C34H36F6N4O5S/c1-3-7-28-32(49-23-18-29(50-21-23)34(38,39)40,11-6-13-44(28)30(46)24-19-41-12-10-25(24)33(35,36)37)31(47)43-16-14-42(15-17-43)26-8-4-5-9-27(26)48-20-22(2)45/h4-5,8-10,12,18-19,21,28H,3,6-7,11,13-17,20H2,1-2H3/t28-,32+/m1/s1. The maximum absolute atomic E-state index is 14.8. The van der Waals surface area contributed by atoms with E-state index in [4.69, 9.17) is 9.47 Å². The summed E-state index contributed by atoms with van der Waals surface area (Å²) in [4.78, 5) is 47.8. The number of Topliss-reactive ketones (excluding diaryl/α,β-unsaturated/α-hetero) is 1. The second-order valence-electron chi connectivity index (χ2n) is 12.2. The lowest BCUT2D eigenvalue weighted by Gasteiger charge is -2.50. The summed E-state index contributed by atoms with van der Waals surface area (Å²) >= 11 is 0.391. The van der Waals surface area contributed by atoms with Gasteiger partial charge < -0.3 is 24.2 Å². The van der Waals surface area contributed by atoms with Crippen LogP contribution in [0.15, 0.2) is 54.2 Å². The molecular formula is C34H36F6N4O5S. The third-order valence-corrected chi connectivity index (χ3v) is 9.72. The van der Waals surface area contributed by atoms with Crippen LogP contribution in [0.4, 0.5) is 32.0 Å². The Bertz CT molecular complexity index is 1690. The zero-order valence-electron chi connectivity index (χ0n) is 27.4. The largest absolute Gasteiger partial charge is 0.484 e. The maximum Gasteiger partial charge on any atom is 0.425 e. The Labute approximate surface area is 288 Å². The number of pyridine rings is 1. The number of thiophene rings is 1. The van der Waals surface area contributed by atoms with Gasteiger partial charge in [0.2, 0.25) is 5.60 Å². The Morgan fingerprint density at radius 3 is 2.36 bits per heavy atom. The van der Waals surface area contributed by atoms with Crippen LogP contribution < -0.4 is 14.4 Å². The molecule has 0 bridgehead atoms. The molecule has 16 heteroatoms. The normalized spacial score (nSPS) is 20.1. The van der Waals surface area contributed by atoms with E-state index in [2.05, 4.69) is 4.98 Å². The topological polar surface area (TPSA) is 92.3 Å². The van der Waals surface area contributed by atoms with Gasteiger partial charge in [-0.1, -0.05) is 25.5 Å². The maximum atomic E-state index is 14.8. The highest BCUT2D eigenvalue weighted by atomic mass is 32.1. The Hall–Kier alpha value is -4.34. The number of carbonyl (C=O) groups excluding carboxylic acids is 3. The van der Waals surface area contributed by atoms with E-state index in [1.54, 1.807) is 19.1 Å². The molecule has 2 aliphatic rings. The minimum absolute atomic E-state index is 0.00363. The molecule has 0 spiro atoms. The van der Waals surface area contributed by atoms with E-state index in [1.165, 1.54) is 16.7 Å². The summed E-state index contributed by atoms with van der Waals surface area (Å²) < 4.78 is 94.8. The number of carbonyl (C=O) groups is 3. The number of aromatic nitrogens is 1. The van der Waals surface area contributed by atoms with E-state index in [9.17, 15) is 40.7 Å². The van der Waals surface area contributed by atoms with Crippen molar-refractivity contribution in [3.05, 3.63) is 70.2 Å². The quantitative estimate of drug-likeness (QED) is 0.214. The lowest BCUT2D eigenvalue weighted by molar-refractivity contribution is -0.159. The third-order valence-electron chi connectivity index (χ3n) is 8.76. The average Bonchev–Trinajstić information content (AvgIpc) is 3.56. The van der Waals surface area contributed by atoms with E-state index < -0.39 is 51.8 Å². The Morgan fingerprint density at radius 1 is 1.00 bits per heavy atom. The first-order valence-electron chi connectivity index (χ1n) is 16.1. The van der Waals surface area contributed by atoms with Crippen molar-refractivity contribution in [2.75, 3.05) is 44.2 Å². The molecule has 50 heavy (non-hydrogen) atoms. The number of para-hydroxylation sites is 2. The van der Waals surface area contributed by atoms with Crippen molar-refractivity contribution >= 4 is 34.6 Å². The minimum Gasteiger partial charge on any atom is -0.484 e. The van der Waals surface area contributed by atoms with Gasteiger partial charge in [0.25, 0.3) is 11.8 Å². The van der Waals surface area contributed by atoms with Gasteiger partial charge in [-0.25, -0.2) is 0 Å². The molecule has 270 valence electrons. The number of piperidine rings is 1. The highest BCUT2D eigenvalue weighted by Crippen LogP contribution is 2.43. The van der Waals surface area contributed by atoms with Gasteiger partial charge in [0.15, 0.2) is 5.78 Å². The number of hydrogen-bond acceptors (Lipinski definition) is 8. The predicted octanol–water partition coefficient (Wildman–Crippen LogP) is 6.72. The van der Waals surface area contributed by atoms with Crippen molar-refractivity contribution in [2.24, 2.45) is 0 Å². The van der Waals surface area contributed by atoms with E-state index in [1.807, 2.05) is 17.0 Å². The Kier molecular flexibility index (Phi) is 11.0. The summed E-state index contributed by atoms with van der Waals surface area (Å²) in [5.41, 5.74) is -3.08. The van der Waals surface area contributed by atoms with Gasteiger partial charge >= 0.3 is 12.4 Å². The number of amides is 2. The lowest BCUT2D eigenvalue weighted by Crippen LogP contribution is -2.69. The molecular weight excluding hydrogens is 690 g/mol. The molecule has 2 saturated heterocycles. The van der Waals surface area contributed by atoms with Gasteiger partial charge in [0.05, 0.1) is 22.9 Å². The number of ether oxygens (including phenoxy) is 2. The fraction of sp³-hybridized carbons (Fsp3) is 0.471. The van der Waals surface area contributed by atoms with Gasteiger partial charge in [-0.15, -0.1) is 11.3 Å². The van der Waals surface area contributed by atoms with Crippen LogP contribution in [0.3, 0.4) is 0 Å². The summed E-state index contributed by atoms with van der Waals surface area (Å²) in [7, 11) is 0. The summed E-state index contributed by atoms with van der Waals surface area (Å²) in [6.07, 6.45) is -7.12. The van der Waals surface area contributed by atoms with Crippen LogP contribution in [0.1, 0.15) is 60.3 Å². The first-order chi connectivity index (χ1) is 23.7. The van der Waals surface area contributed by atoms with Gasteiger partial charge in [-0.3, -0.25) is 19.4 Å². The van der Waals surface area contributed by atoms with Gasteiger partial charge in [-0.05, 0) is 38.0 Å². The monoisotopic (exact) mass is 726 g/mol. The number of halogens is 6. The molecule has 3 aromatic rings. The Balaban J connectivity index is 1.49. The van der Waals surface area contributed by atoms with Crippen molar-refractivity contribution in [1.82, 2.24) is 14.8 Å². The lowest BCUT2D eigenvalue weighted by atomic mass is 9.79. The second kappa shape index (κ2) is 14.9. The number of piperazine rings is 1. The SMILES string of the molecule is CCC[C@H]1N(C(=O)c2cnccc2C(F)(F)F)CCC[C@@]1(Oc1csc(C(F)(F)F)c1)C(=O)N1CCN(c2ccccc2OCC(C)=O)CC1. The number of ketones is 1. The van der Waals surface area contributed by atoms with Crippen molar-refractivity contribution < 1.29 is 50.2 Å². The number of likely N-dealkylation sites (tertiary alicyclic amines) is 1. The molecule has 0 N–H and O–H groups in total. The highest BCUT2D eigenvalue weighted by Gasteiger charge is 2.56. The predicted molar refractivity (Wildman–Crippen MR) is 172 cm³/mol. The van der Waals surface area contributed by atoms with Crippen LogP contribution in [-0.4, -0.2) is 83.4 Å². The summed E-state index contributed by atoms with van der Waals surface area (Å²) in [6.45, 7) is 4.03. The molecule has 2 aliphatic heterocycles. The van der Waals surface area contributed by atoms with E-state index in [-0.39, 0.29) is 57.0 Å². The zero-order chi connectivity index (χ0) is 36.3. The second-order valence-corrected chi connectivity index (χ2v) is 13.1. The fourth-order valence-corrected chi connectivity index (χ4v) is 7.22. The highest BCUT2D eigenvalue weighted by molar-refractivity contribution is 7.10. The fourth-order valence-electron chi connectivity index (χ4n) is 6.54. The number of rotatable bonds is 10. The zero-order valence-corrected chi connectivity index (χ0v) is 28.2. The molecule has 0 aliphatic carbocycles. The minimum atomic E-state index is -4.87. The van der Waals surface area contributed by atoms with Crippen molar-refractivity contribution in [1.29, 1.82) is 0 Å². The first kappa shape index (κ1) is 36.9. The molecule has 2 amide bonds. The number of anilines is 1. The van der Waals surface area contributed by atoms with Crippen LogP contribution in [0, 0.1) is 0 Å². The van der Waals surface area contributed by atoms with Gasteiger partial charge in [0.1, 0.15) is 23.0 Å². The Morgan fingerprint density at radius 2 is 1.72 bits per heavy atom. The van der Waals surface area contributed by atoms with Crippen LogP contribution in [0.25, 0.3) is 0 Å². The molecule has 2 atom stereocenters. The van der Waals surface area contributed by atoms with Gasteiger partial charge in [-0.2, -0.15) is 26.3 Å². The molecule has 4 heterocycles. The molecule has 2 fully saturated rings. The summed E-state index contributed by atoms with van der Waals surface area (Å²) in [5.74, 6) is -1.47. The van der Waals surface area contributed by atoms with Crippen molar-refractivity contribution in [3.63, 3.8) is 0 Å². The number of hydrogen-bond donors (Lipinski definition) is 0. The molecule has 1 aromatic carbocycles. The first-order valence-corrected chi connectivity index (χ1v) is 17.0. The summed E-state index contributed by atoms with van der Waals surface area (Å²) in [6, 6.07) is 7.50. The molecule has 0 radical (unpaired) electrons. The van der Waals surface area contributed by atoms with Crippen LogP contribution in [0.5, 0.6) is 11.5 Å². The summed E-state index contributed by atoms with van der Waals surface area (Å²) in [5, 5.41) is 1.14. The number of alkyl halides is 6. The smallest absolute Gasteiger partial charge is 0.425 e. The molecule has 0 unspecified atom stereocenters. The number of benzene rings is 1. The van der Waals surface area contributed by atoms with Gasteiger partial charge in [0, 0.05) is 63.0 Å². The van der Waals surface area contributed by atoms with Crippen LogP contribution >= 0.6 is 11.3 Å². The van der Waals surface area contributed by atoms with Crippen molar-refractivity contribution in [3.8, 4) is 11.5 Å². The van der Waals surface area contributed by atoms with E-state index in [0.29, 0.717) is 48.4 Å².